The number of rotatable bonds is 7. The van der Waals surface area contributed by atoms with Crippen molar-refractivity contribution in [2.45, 2.75) is 37.5 Å². The maximum atomic E-state index is 12.3. The van der Waals surface area contributed by atoms with Crippen molar-refractivity contribution in [1.82, 2.24) is 0 Å². The van der Waals surface area contributed by atoms with Gasteiger partial charge in [0.2, 0.25) is 5.91 Å². The Morgan fingerprint density at radius 2 is 2.21 bits per heavy atom. The Morgan fingerprint density at radius 1 is 1.42 bits per heavy atom. The first-order chi connectivity index (χ1) is 11.1. The predicted octanol–water partition coefficient (Wildman–Crippen LogP) is 2.46. The second-order valence-electron chi connectivity index (χ2n) is 6.09. The van der Waals surface area contributed by atoms with E-state index in [0.717, 1.165) is 36.9 Å². The quantitative estimate of drug-likeness (QED) is 0.768. The van der Waals surface area contributed by atoms with Crippen molar-refractivity contribution in [2.24, 2.45) is 11.7 Å². The van der Waals surface area contributed by atoms with Crippen LogP contribution < -0.4 is 11.1 Å². The van der Waals surface area contributed by atoms with Gasteiger partial charge in [-0.25, -0.2) is 0 Å². The average molecular weight is 375 g/mol. The van der Waals surface area contributed by atoms with Crippen LogP contribution in [0.1, 0.15) is 31.2 Å². The van der Waals surface area contributed by atoms with Crippen molar-refractivity contribution in [3.05, 3.63) is 29.8 Å². The molecular formula is C17H27ClN2O3S. The first kappa shape index (κ1) is 21.1. The van der Waals surface area contributed by atoms with E-state index in [-0.39, 0.29) is 30.3 Å². The van der Waals surface area contributed by atoms with Crippen LogP contribution in [-0.2, 0) is 26.1 Å². The minimum absolute atomic E-state index is 0. The highest BCUT2D eigenvalue weighted by molar-refractivity contribution is 7.84. The number of hydrogen-bond acceptors (Lipinski definition) is 4. The molecule has 0 heterocycles. The van der Waals surface area contributed by atoms with Crippen LogP contribution >= 0.6 is 12.4 Å². The zero-order chi connectivity index (χ0) is 16.7. The Hall–Kier alpha value is -0.950. The van der Waals surface area contributed by atoms with E-state index in [4.69, 9.17) is 10.5 Å². The molecule has 0 bridgehead atoms. The Morgan fingerprint density at radius 3 is 2.92 bits per heavy atom. The van der Waals surface area contributed by atoms with Gasteiger partial charge in [0, 0.05) is 47.1 Å². The van der Waals surface area contributed by atoms with E-state index in [0.29, 0.717) is 18.1 Å². The van der Waals surface area contributed by atoms with Crippen molar-refractivity contribution in [2.75, 3.05) is 24.8 Å². The topological polar surface area (TPSA) is 81.4 Å². The lowest BCUT2D eigenvalue weighted by atomic mass is 9.85. The first-order valence-corrected chi connectivity index (χ1v) is 9.56. The van der Waals surface area contributed by atoms with Gasteiger partial charge in [-0.05, 0) is 37.0 Å². The van der Waals surface area contributed by atoms with Crippen LogP contribution in [0.2, 0.25) is 0 Å². The van der Waals surface area contributed by atoms with Gasteiger partial charge in [0.25, 0.3) is 0 Å². The Bertz CT molecular complexity index is 556. The third kappa shape index (κ3) is 6.89. The first-order valence-electron chi connectivity index (χ1n) is 8.07. The number of hydrogen-bond donors (Lipinski definition) is 2. The molecule has 7 heteroatoms. The highest BCUT2D eigenvalue weighted by atomic mass is 35.5. The van der Waals surface area contributed by atoms with E-state index in [9.17, 15) is 9.00 Å². The van der Waals surface area contributed by atoms with Crippen LogP contribution in [0.3, 0.4) is 0 Å². The van der Waals surface area contributed by atoms with Crippen molar-refractivity contribution in [1.29, 1.82) is 0 Å². The van der Waals surface area contributed by atoms with Crippen LogP contribution in [0.25, 0.3) is 0 Å². The lowest BCUT2D eigenvalue weighted by molar-refractivity contribution is -0.120. The van der Waals surface area contributed by atoms with Gasteiger partial charge in [-0.15, -0.1) is 12.4 Å². The third-order valence-electron chi connectivity index (χ3n) is 4.12. The molecule has 1 aromatic carbocycles. The summed E-state index contributed by atoms with van der Waals surface area (Å²) in [5.74, 6) is 1.03. The Labute approximate surface area is 152 Å². The SMILES string of the molecule is COCCS(=O)Cc1cccc(NC(=O)C2CCCC(N)C2)c1.Cl. The van der Waals surface area contributed by atoms with Gasteiger partial charge < -0.3 is 15.8 Å². The highest BCUT2D eigenvalue weighted by Crippen LogP contribution is 2.24. The average Bonchev–Trinajstić information content (AvgIpc) is 2.53. The summed E-state index contributed by atoms with van der Waals surface area (Å²) in [6, 6.07) is 7.70. The van der Waals surface area contributed by atoms with Gasteiger partial charge in [-0.1, -0.05) is 18.6 Å². The molecule has 1 aliphatic rings. The monoisotopic (exact) mass is 374 g/mol. The van der Waals surface area contributed by atoms with E-state index in [1.54, 1.807) is 7.11 Å². The molecule has 5 nitrogen and oxygen atoms in total. The molecule has 1 saturated carbocycles. The summed E-state index contributed by atoms with van der Waals surface area (Å²) in [5, 5.41) is 2.97. The number of carbonyl (C=O) groups excluding carboxylic acids is 1. The second kappa shape index (κ2) is 10.8. The molecule has 1 amide bonds. The predicted molar refractivity (Wildman–Crippen MR) is 101 cm³/mol. The number of amides is 1. The van der Waals surface area contributed by atoms with E-state index in [1.165, 1.54) is 0 Å². The maximum absolute atomic E-state index is 12.3. The molecule has 2 rings (SSSR count). The van der Waals surface area contributed by atoms with E-state index in [2.05, 4.69) is 5.32 Å². The summed E-state index contributed by atoms with van der Waals surface area (Å²) in [7, 11) is 0.647. The third-order valence-corrected chi connectivity index (χ3v) is 5.40. The van der Waals surface area contributed by atoms with E-state index < -0.39 is 10.8 Å². The van der Waals surface area contributed by atoms with Crippen molar-refractivity contribution < 1.29 is 13.7 Å². The number of halogens is 1. The number of benzene rings is 1. The number of carbonyl (C=O) groups is 1. The van der Waals surface area contributed by atoms with Crippen LogP contribution in [0.4, 0.5) is 5.69 Å². The molecule has 1 aromatic rings. The van der Waals surface area contributed by atoms with Gasteiger partial charge in [-0.3, -0.25) is 9.00 Å². The Balaban J connectivity index is 0.00000288. The van der Waals surface area contributed by atoms with Crippen LogP contribution in [0.15, 0.2) is 24.3 Å². The fraction of sp³-hybridized carbons (Fsp3) is 0.588. The second-order valence-corrected chi connectivity index (χ2v) is 7.67. The van der Waals surface area contributed by atoms with Crippen LogP contribution in [-0.4, -0.2) is 35.6 Å². The lowest BCUT2D eigenvalue weighted by Gasteiger charge is -2.25. The van der Waals surface area contributed by atoms with Crippen molar-refractivity contribution >= 4 is 34.8 Å². The standard InChI is InChI=1S/C17H26N2O3S.ClH/c1-22-8-9-23(21)12-13-4-2-7-16(10-13)19-17(20)14-5-3-6-15(18)11-14;/h2,4,7,10,14-15H,3,5-6,8-9,11-12,18H2,1H3,(H,19,20);1H. The smallest absolute Gasteiger partial charge is 0.227 e. The molecule has 1 aliphatic carbocycles. The van der Waals surface area contributed by atoms with Gasteiger partial charge in [-0.2, -0.15) is 0 Å². The van der Waals surface area contributed by atoms with Gasteiger partial charge in [0.1, 0.15) is 0 Å². The zero-order valence-corrected chi connectivity index (χ0v) is 15.7. The molecule has 0 aliphatic heterocycles. The van der Waals surface area contributed by atoms with Gasteiger partial charge in [0.15, 0.2) is 0 Å². The summed E-state index contributed by atoms with van der Waals surface area (Å²) in [6.07, 6.45) is 3.68. The summed E-state index contributed by atoms with van der Waals surface area (Å²) in [5.41, 5.74) is 7.67. The normalized spacial score (nSPS) is 21.6. The van der Waals surface area contributed by atoms with Crippen molar-refractivity contribution in [3.8, 4) is 0 Å². The molecule has 3 N–H and O–H groups in total. The molecule has 3 unspecified atom stereocenters. The minimum Gasteiger partial charge on any atom is -0.384 e. The van der Waals surface area contributed by atoms with Crippen LogP contribution in [0.5, 0.6) is 0 Å². The molecule has 0 radical (unpaired) electrons. The summed E-state index contributed by atoms with van der Waals surface area (Å²) < 4.78 is 16.9. The maximum Gasteiger partial charge on any atom is 0.227 e. The highest BCUT2D eigenvalue weighted by Gasteiger charge is 2.25. The largest absolute Gasteiger partial charge is 0.384 e. The number of ether oxygens (including phenoxy) is 1. The molecule has 0 saturated heterocycles. The summed E-state index contributed by atoms with van der Waals surface area (Å²) in [4.78, 5) is 12.3. The molecule has 1 fully saturated rings. The van der Waals surface area contributed by atoms with Gasteiger partial charge in [0.05, 0.1) is 6.61 Å². The fourth-order valence-electron chi connectivity index (χ4n) is 2.88. The summed E-state index contributed by atoms with van der Waals surface area (Å²) >= 11 is 0. The molecule has 136 valence electrons. The van der Waals surface area contributed by atoms with E-state index in [1.807, 2.05) is 24.3 Å². The molecule has 24 heavy (non-hydrogen) atoms. The number of anilines is 1. The van der Waals surface area contributed by atoms with Crippen LogP contribution in [0, 0.1) is 5.92 Å². The van der Waals surface area contributed by atoms with E-state index >= 15 is 0 Å². The number of nitrogens with one attached hydrogen (secondary N) is 1. The lowest BCUT2D eigenvalue weighted by Crippen LogP contribution is -2.34. The zero-order valence-electron chi connectivity index (χ0n) is 14.0. The fourth-order valence-corrected chi connectivity index (χ4v) is 3.93. The number of nitrogens with two attached hydrogens (primary N) is 1. The summed E-state index contributed by atoms with van der Waals surface area (Å²) in [6.45, 7) is 0.491. The van der Waals surface area contributed by atoms with Gasteiger partial charge >= 0.3 is 0 Å². The number of methoxy groups -OCH3 is 1. The molecule has 0 aromatic heterocycles. The molecule has 0 spiro atoms. The van der Waals surface area contributed by atoms with Crippen molar-refractivity contribution in [3.63, 3.8) is 0 Å². The minimum atomic E-state index is -0.955. The Kier molecular flexibility index (Phi) is 9.51. The molecular weight excluding hydrogens is 348 g/mol. The molecule has 3 atom stereocenters.